The molecule has 0 aromatic heterocycles. The number of carbonyl (C=O) groups excluding carboxylic acids is 2. The molecule has 0 radical (unpaired) electrons. The Bertz CT molecular complexity index is 951. The number of nitrogens with zero attached hydrogens (tertiary/aromatic N) is 2. The molecule has 0 fully saturated rings. The Labute approximate surface area is 190 Å². The summed E-state index contributed by atoms with van der Waals surface area (Å²) < 4.78 is 5.28. The molecule has 0 saturated heterocycles. The van der Waals surface area contributed by atoms with Crippen LogP contribution >= 0.6 is 12.4 Å². The third-order valence-corrected chi connectivity index (χ3v) is 4.34. The number of amides is 1. The maximum atomic E-state index is 12.9. The van der Waals surface area contributed by atoms with Crippen LogP contribution in [0.5, 0.6) is 0 Å². The number of rotatable bonds is 10. The molecule has 2 rings (SSSR count). The molecule has 0 unspecified atom stereocenters. The van der Waals surface area contributed by atoms with Crippen LogP contribution in [-0.2, 0) is 20.9 Å². The number of benzene rings is 2. The molecule has 0 spiro atoms. The van der Waals surface area contributed by atoms with E-state index in [0.717, 1.165) is 5.56 Å². The Morgan fingerprint density at radius 3 is 2.28 bits per heavy atom. The van der Waals surface area contributed by atoms with Crippen LogP contribution in [-0.4, -0.2) is 34.8 Å². The van der Waals surface area contributed by atoms with Crippen molar-refractivity contribution in [2.45, 2.75) is 25.0 Å². The Kier molecular flexibility index (Phi) is 10.1. The van der Waals surface area contributed by atoms with Gasteiger partial charge in [0, 0.05) is 24.4 Å². The zero-order valence-corrected chi connectivity index (χ0v) is 17.9. The fraction of sp³-hybridized carbons (Fsp3) is 0.250. The quantitative estimate of drug-likeness (QED) is 0.0772. The summed E-state index contributed by atoms with van der Waals surface area (Å²) in [6, 6.07) is 14.0. The van der Waals surface area contributed by atoms with Crippen LogP contribution in [0, 0.1) is 10.1 Å². The minimum atomic E-state index is -2.02. The molecule has 1 atom stereocenters. The molecule has 0 aliphatic carbocycles. The number of anilines is 1. The highest BCUT2D eigenvalue weighted by Gasteiger charge is 2.43. The zero-order valence-electron chi connectivity index (χ0n) is 17.1. The number of guanidine groups is 1. The normalized spacial score (nSPS) is 11.9. The lowest BCUT2D eigenvalue weighted by molar-refractivity contribution is -0.384. The number of nitrogens with one attached hydrogen (secondary N) is 1. The van der Waals surface area contributed by atoms with E-state index in [4.69, 9.17) is 21.9 Å². The van der Waals surface area contributed by atoms with Crippen LogP contribution < -0.4 is 22.5 Å². The predicted molar refractivity (Wildman–Crippen MR) is 122 cm³/mol. The molecule has 12 heteroatoms. The van der Waals surface area contributed by atoms with E-state index in [1.165, 1.54) is 24.3 Å². The second-order valence-corrected chi connectivity index (χ2v) is 6.70. The summed E-state index contributed by atoms with van der Waals surface area (Å²) in [5.74, 6) is -1.85. The summed E-state index contributed by atoms with van der Waals surface area (Å²) in [5.41, 5.74) is 15.6. The van der Waals surface area contributed by atoms with E-state index in [9.17, 15) is 19.7 Å². The number of halogens is 1. The number of esters is 1. The molecule has 32 heavy (non-hydrogen) atoms. The molecular formula is C20H25ClN6O5. The summed E-state index contributed by atoms with van der Waals surface area (Å²) in [5, 5.41) is 13.3. The van der Waals surface area contributed by atoms with Gasteiger partial charge in [-0.05, 0) is 30.5 Å². The third-order valence-electron chi connectivity index (χ3n) is 4.34. The summed E-state index contributed by atoms with van der Waals surface area (Å²) >= 11 is 0. The first-order valence-electron chi connectivity index (χ1n) is 9.33. The highest BCUT2D eigenvalue weighted by atomic mass is 35.5. The standard InChI is InChI=1S/C20H24N6O5.ClH/c21-19(22)24-12-4-11-20(23,18(28)31-13-14-5-2-1-3-6-14)17(27)25-15-7-9-16(10-8-15)26(29)30;/h1-3,5-10H,4,11-13,23H2,(H,25,27)(H4,21,22,24);1H/t20-;/m0./s1. The number of nitro groups is 1. The SMILES string of the molecule is Cl.NC(N)=NCCC[C@](N)(C(=O)Nc1ccc([N+](=O)[O-])cc1)C(=O)OCc1ccccc1. The largest absolute Gasteiger partial charge is 0.459 e. The van der Waals surface area contributed by atoms with Gasteiger partial charge in [-0.25, -0.2) is 4.79 Å². The molecule has 0 bridgehead atoms. The first-order chi connectivity index (χ1) is 14.7. The van der Waals surface area contributed by atoms with Crippen LogP contribution in [0.25, 0.3) is 0 Å². The molecule has 0 saturated carbocycles. The molecule has 0 heterocycles. The maximum Gasteiger partial charge on any atom is 0.336 e. The minimum Gasteiger partial charge on any atom is -0.459 e. The average molecular weight is 465 g/mol. The topological polar surface area (TPSA) is 189 Å². The molecule has 2 aromatic rings. The lowest BCUT2D eigenvalue weighted by Gasteiger charge is -2.26. The van der Waals surface area contributed by atoms with Crippen LogP contribution in [0.4, 0.5) is 11.4 Å². The van der Waals surface area contributed by atoms with Crippen molar-refractivity contribution in [1.29, 1.82) is 0 Å². The van der Waals surface area contributed by atoms with E-state index in [-0.39, 0.29) is 55.7 Å². The van der Waals surface area contributed by atoms with E-state index >= 15 is 0 Å². The van der Waals surface area contributed by atoms with E-state index in [0.29, 0.717) is 0 Å². The van der Waals surface area contributed by atoms with Crippen molar-refractivity contribution < 1.29 is 19.2 Å². The second-order valence-electron chi connectivity index (χ2n) is 6.70. The van der Waals surface area contributed by atoms with Gasteiger partial charge >= 0.3 is 5.97 Å². The summed E-state index contributed by atoms with van der Waals surface area (Å²) in [4.78, 5) is 39.7. The fourth-order valence-electron chi connectivity index (χ4n) is 2.64. The number of ether oxygens (including phenoxy) is 1. The number of hydrogen-bond acceptors (Lipinski definition) is 7. The van der Waals surface area contributed by atoms with Gasteiger partial charge in [-0.2, -0.15) is 0 Å². The number of non-ortho nitro benzene ring substituents is 1. The number of aliphatic imine (C=N–C) groups is 1. The van der Waals surface area contributed by atoms with Crippen LogP contribution in [0.15, 0.2) is 59.6 Å². The third kappa shape index (κ3) is 7.52. The summed E-state index contributed by atoms with van der Waals surface area (Å²) in [6.45, 7) is 0.107. The summed E-state index contributed by atoms with van der Waals surface area (Å²) in [6.07, 6.45) is 0.152. The second kappa shape index (κ2) is 12.2. The van der Waals surface area contributed by atoms with Crippen LogP contribution in [0.2, 0.25) is 0 Å². The van der Waals surface area contributed by atoms with Gasteiger partial charge in [0.05, 0.1) is 4.92 Å². The van der Waals surface area contributed by atoms with Crippen molar-refractivity contribution in [1.82, 2.24) is 0 Å². The maximum absolute atomic E-state index is 12.9. The van der Waals surface area contributed by atoms with Crippen molar-refractivity contribution >= 4 is 41.6 Å². The average Bonchev–Trinajstić information content (AvgIpc) is 2.75. The van der Waals surface area contributed by atoms with Gasteiger partial charge in [-0.3, -0.25) is 19.9 Å². The first kappa shape index (κ1) is 26.3. The number of nitrogens with two attached hydrogens (primary N) is 3. The van der Waals surface area contributed by atoms with Gasteiger partial charge in [-0.15, -0.1) is 12.4 Å². The van der Waals surface area contributed by atoms with Gasteiger partial charge in [0.2, 0.25) is 0 Å². The lowest BCUT2D eigenvalue weighted by atomic mass is 9.93. The van der Waals surface area contributed by atoms with Gasteiger partial charge < -0.3 is 27.3 Å². The zero-order chi connectivity index (χ0) is 22.9. The van der Waals surface area contributed by atoms with E-state index < -0.39 is 22.3 Å². The monoisotopic (exact) mass is 464 g/mol. The molecule has 172 valence electrons. The van der Waals surface area contributed by atoms with Gasteiger partial charge in [0.25, 0.3) is 11.6 Å². The first-order valence-corrected chi connectivity index (χ1v) is 9.33. The highest BCUT2D eigenvalue weighted by molar-refractivity contribution is 6.12. The Morgan fingerprint density at radius 1 is 1.09 bits per heavy atom. The number of nitro benzene ring substituents is 1. The van der Waals surface area contributed by atoms with E-state index in [1.54, 1.807) is 24.3 Å². The molecule has 7 N–H and O–H groups in total. The van der Waals surface area contributed by atoms with Gasteiger partial charge in [-0.1, -0.05) is 30.3 Å². The fourth-order valence-corrected chi connectivity index (χ4v) is 2.64. The van der Waals surface area contributed by atoms with E-state index in [1.807, 2.05) is 6.07 Å². The number of hydrogen-bond donors (Lipinski definition) is 4. The van der Waals surface area contributed by atoms with Crippen molar-refractivity contribution in [3.63, 3.8) is 0 Å². The van der Waals surface area contributed by atoms with Gasteiger partial charge in [0.1, 0.15) is 6.61 Å². The molecule has 0 aliphatic rings. The molecular weight excluding hydrogens is 440 g/mol. The van der Waals surface area contributed by atoms with Crippen molar-refractivity contribution in [2.75, 3.05) is 11.9 Å². The summed E-state index contributed by atoms with van der Waals surface area (Å²) in [7, 11) is 0. The highest BCUT2D eigenvalue weighted by Crippen LogP contribution is 2.20. The van der Waals surface area contributed by atoms with Crippen molar-refractivity contribution in [2.24, 2.45) is 22.2 Å². The minimum absolute atomic E-state index is 0. The Hall–Kier alpha value is -3.70. The lowest BCUT2D eigenvalue weighted by Crippen LogP contribution is -2.58. The molecule has 11 nitrogen and oxygen atoms in total. The Morgan fingerprint density at radius 2 is 1.72 bits per heavy atom. The molecule has 1 amide bonds. The van der Waals surface area contributed by atoms with Crippen LogP contribution in [0.3, 0.4) is 0 Å². The van der Waals surface area contributed by atoms with E-state index in [2.05, 4.69) is 10.3 Å². The van der Waals surface area contributed by atoms with Gasteiger partial charge in [0.15, 0.2) is 11.5 Å². The Balaban J connectivity index is 0.00000512. The van der Waals surface area contributed by atoms with Crippen LogP contribution in [0.1, 0.15) is 18.4 Å². The predicted octanol–water partition coefficient (Wildman–Crippen LogP) is 1.45. The molecule has 0 aliphatic heterocycles. The van der Waals surface area contributed by atoms with Crippen molar-refractivity contribution in [3.8, 4) is 0 Å². The molecule has 2 aromatic carbocycles. The smallest absolute Gasteiger partial charge is 0.336 e. The number of carbonyl (C=O) groups is 2. The van der Waals surface area contributed by atoms with Crippen molar-refractivity contribution in [3.05, 3.63) is 70.3 Å².